The number of rotatable bonds is 8. The number of nitrogens with zero attached hydrogens (tertiary/aromatic N) is 1. The number of hydrogen-bond acceptors (Lipinski definition) is 5. The summed E-state index contributed by atoms with van der Waals surface area (Å²) in [6.45, 7) is 2.57. The highest BCUT2D eigenvalue weighted by Gasteiger charge is 2.54. The number of amides is 1. The molecule has 0 aromatic heterocycles. The maximum absolute atomic E-state index is 12.4. The molecule has 0 heterocycles. The third kappa shape index (κ3) is 3.87. The molecule has 2 N–H and O–H groups in total. The zero-order valence-electron chi connectivity index (χ0n) is 11.3. The van der Waals surface area contributed by atoms with Crippen molar-refractivity contribution in [3.63, 3.8) is 0 Å². The smallest absolute Gasteiger partial charge is 0.325 e. The Morgan fingerprint density at radius 3 is 2.47 bits per heavy atom. The first-order valence-corrected chi connectivity index (χ1v) is 6.62. The van der Waals surface area contributed by atoms with Crippen molar-refractivity contribution in [2.45, 2.75) is 19.8 Å². The van der Waals surface area contributed by atoms with E-state index in [0.29, 0.717) is 26.0 Å². The van der Waals surface area contributed by atoms with Gasteiger partial charge < -0.3 is 20.1 Å². The lowest BCUT2D eigenvalue weighted by atomic mass is 10.1. The first kappa shape index (κ1) is 15.8. The summed E-state index contributed by atoms with van der Waals surface area (Å²) in [4.78, 5) is 25.5. The van der Waals surface area contributed by atoms with Crippen molar-refractivity contribution in [3.05, 3.63) is 0 Å². The molecule has 1 aliphatic rings. The lowest BCUT2D eigenvalue weighted by Crippen LogP contribution is -2.46. The molecule has 1 amide bonds. The van der Waals surface area contributed by atoms with Crippen LogP contribution in [0, 0.1) is 5.41 Å². The molecule has 108 valence electrons. The standard InChI is InChI=1S/C12H20N2O4S/c1-3-18-9(15)8-14(6-7-17-2)11(16)12(4-5-12)10(13)19/h3-8H2,1-2H3,(H2,13,19). The van der Waals surface area contributed by atoms with E-state index in [-0.39, 0.29) is 24.0 Å². The number of carbonyl (C=O) groups is 2. The van der Waals surface area contributed by atoms with Crippen molar-refractivity contribution >= 4 is 29.1 Å². The number of hydrogen-bond donors (Lipinski definition) is 1. The van der Waals surface area contributed by atoms with Crippen LogP contribution in [0.5, 0.6) is 0 Å². The van der Waals surface area contributed by atoms with Crippen LogP contribution in [0.4, 0.5) is 0 Å². The summed E-state index contributed by atoms with van der Waals surface area (Å²) in [5.74, 6) is -0.643. The molecule has 6 nitrogen and oxygen atoms in total. The molecule has 1 rings (SSSR count). The molecular weight excluding hydrogens is 268 g/mol. The molecule has 0 aromatic rings. The molecular formula is C12H20N2O4S. The molecule has 0 atom stereocenters. The Morgan fingerprint density at radius 2 is 2.05 bits per heavy atom. The van der Waals surface area contributed by atoms with E-state index in [1.54, 1.807) is 6.92 Å². The second-order valence-electron chi connectivity index (χ2n) is 4.47. The average molecular weight is 288 g/mol. The molecule has 0 saturated heterocycles. The van der Waals surface area contributed by atoms with E-state index in [4.69, 9.17) is 27.4 Å². The molecule has 0 spiro atoms. The van der Waals surface area contributed by atoms with Gasteiger partial charge in [-0.15, -0.1) is 0 Å². The first-order valence-electron chi connectivity index (χ1n) is 6.21. The van der Waals surface area contributed by atoms with E-state index in [0.717, 1.165) is 0 Å². The molecule has 0 bridgehead atoms. The summed E-state index contributed by atoms with van der Waals surface area (Å²) in [6, 6.07) is 0. The zero-order valence-corrected chi connectivity index (χ0v) is 12.1. The van der Waals surface area contributed by atoms with Gasteiger partial charge in [-0.25, -0.2) is 0 Å². The minimum absolute atomic E-state index is 0.0968. The Morgan fingerprint density at radius 1 is 1.42 bits per heavy atom. The third-order valence-corrected chi connectivity index (χ3v) is 3.50. The van der Waals surface area contributed by atoms with E-state index in [2.05, 4.69) is 0 Å². The van der Waals surface area contributed by atoms with Crippen LogP contribution in [-0.4, -0.2) is 55.2 Å². The van der Waals surface area contributed by atoms with Gasteiger partial charge >= 0.3 is 5.97 Å². The molecule has 0 radical (unpaired) electrons. The maximum atomic E-state index is 12.4. The Kier molecular flexibility index (Phi) is 5.68. The first-order chi connectivity index (χ1) is 8.97. The van der Waals surface area contributed by atoms with Crippen molar-refractivity contribution in [2.75, 3.05) is 33.4 Å². The van der Waals surface area contributed by atoms with E-state index in [1.165, 1.54) is 12.0 Å². The summed E-state index contributed by atoms with van der Waals surface area (Å²) in [6.07, 6.45) is 1.29. The fraction of sp³-hybridized carbons (Fsp3) is 0.750. The number of nitrogens with two attached hydrogens (primary N) is 1. The number of ether oxygens (including phenoxy) is 2. The fourth-order valence-electron chi connectivity index (χ4n) is 1.81. The van der Waals surface area contributed by atoms with Crippen LogP contribution in [0.15, 0.2) is 0 Å². The summed E-state index contributed by atoms with van der Waals surface area (Å²) in [7, 11) is 1.54. The van der Waals surface area contributed by atoms with Crippen molar-refractivity contribution in [2.24, 2.45) is 11.1 Å². The van der Waals surface area contributed by atoms with E-state index in [9.17, 15) is 9.59 Å². The van der Waals surface area contributed by atoms with Crippen LogP contribution in [0.3, 0.4) is 0 Å². The predicted octanol–water partition coefficient (Wildman–Crippen LogP) is 0.0908. The van der Waals surface area contributed by atoms with E-state index >= 15 is 0 Å². The quantitative estimate of drug-likeness (QED) is 0.503. The number of thiocarbonyl (C=S) groups is 1. The van der Waals surface area contributed by atoms with Gasteiger partial charge in [0.1, 0.15) is 6.54 Å². The summed E-state index contributed by atoms with van der Waals surface area (Å²) < 4.78 is 9.81. The van der Waals surface area contributed by atoms with Crippen molar-refractivity contribution in [1.29, 1.82) is 0 Å². The van der Waals surface area contributed by atoms with Gasteiger partial charge in [0.05, 0.1) is 23.6 Å². The van der Waals surface area contributed by atoms with Crippen LogP contribution in [0.25, 0.3) is 0 Å². The van der Waals surface area contributed by atoms with Crippen LogP contribution in [-0.2, 0) is 19.1 Å². The molecule has 0 aromatic carbocycles. The largest absolute Gasteiger partial charge is 0.465 e. The number of esters is 1. The van der Waals surface area contributed by atoms with Gasteiger partial charge in [0.25, 0.3) is 0 Å². The Hall–Kier alpha value is -1.21. The minimum atomic E-state index is -0.754. The monoisotopic (exact) mass is 288 g/mol. The fourth-order valence-corrected chi connectivity index (χ4v) is 2.10. The Labute approximate surface area is 118 Å². The third-order valence-electron chi connectivity index (χ3n) is 3.11. The molecule has 1 saturated carbocycles. The second kappa shape index (κ2) is 6.81. The van der Waals surface area contributed by atoms with Crippen molar-refractivity contribution < 1.29 is 19.1 Å². The van der Waals surface area contributed by atoms with Crippen LogP contribution in [0.1, 0.15) is 19.8 Å². The second-order valence-corrected chi connectivity index (χ2v) is 4.91. The normalized spacial score (nSPS) is 15.7. The summed E-state index contributed by atoms with van der Waals surface area (Å²) in [5.41, 5.74) is 4.87. The van der Waals surface area contributed by atoms with E-state index in [1.807, 2.05) is 0 Å². The van der Waals surface area contributed by atoms with Gasteiger partial charge in [0.15, 0.2) is 0 Å². The van der Waals surface area contributed by atoms with E-state index < -0.39 is 11.4 Å². The molecule has 7 heteroatoms. The minimum Gasteiger partial charge on any atom is -0.465 e. The summed E-state index contributed by atoms with van der Waals surface area (Å²) in [5, 5.41) is 0. The Balaban J connectivity index is 2.70. The van der Waals surface area contributed by atoms with Crippen LogP contribution >= 0.6 is 12.2 Å². The molecule has 0 aliphatic heterocycles. The van der Waals surface area contributed by atoms with Crippen molar-refractivity contribution in [3.8, 4) is 0 Å². The van der Waals surface area contributed by atoms with Gasteiger partial charge in [-0.05, 0) is 19.8 Å². The van der Waals surface area contributed by atoms with Crippen LogP contribution in [0.2, 0.25) is 0 Å². The average Bonchev–Trinajstić information content (AvgIpc) is 3.15. The maximum Gasteiger partial charge on any atom is 0.325 e. The van der Waals surface area contributed by atoms with Gasteiger partial charge in [-0.3, -0.25) is 9.59 Å². The zero-order chi connectivity index (χ0) is 14.5. The Bertz CT molecular complexity index is 369. The lowest BCUT2D eigenvalue weighted by molar-refractivity contribution is -0.150. The van der Waals surface area contributed by atoms with Gasteiger partial charge in [0, 0.05) is 13.7 Å². The lowest BCUT2D eigenvalue weighted by Gasteiger charge is -2.25. The van der Waals surface area contributed by atoms with Gasteiger partial charge in [-0.1, -0.05) is 12.2 Å². The molecule has 0 unspecified atom stereocenters. The SMILES string of the molecule is CCOC(=O)CN(CCOC)C(=O)C1(C(N)=S)CC1. The van der Waals surface area contributed by atoms with Crippen molar-refractivity contribution in [1.82, 2.24) is 4.90 Å². The topological polar surface area (TPSA) is 81.9 Å². The number of carbonyl (C=O) groups excluding carboxylic acids is 2. The molecule has 1 aliphatic carbocycles. The van der Waals surface area contributed by atoms with Crippen LogP contribution < -0.4 is 5.73 Å². The summed E-state index contributed by atoms with van der Waals surface area (Å²) >= 11 is 4.95. The number of methoxy groups -OCH3 is 1. The highest BCUT2D eigenvalue weighted by atomic mass is 32.1. The highest BCUT2D eigenvalue weighted by molar-refractivity contribution is 7.80. The van der Waals surface area contributed by atoms with Gasteiger partial charge in [0.2, 0.25) is 5.91 Å². The highest BCUT2D eigenvalue weighted by Crippen LogP contribution is 2.47. The van der Waals surface area contributed by atoms with Gasteiger partial charge in [-0.2, -0.15) is 0 Å². The predicted molar refractivity (Wildman–Crippen MR) is 73.5 cm³/mol. The molecule has 19 heavy (non-hydrogen) atoms. The molecule has 1 fully saturated rings.